The number of rotatable bonds is 4. The van der Waals surface area contributed by atoms with Crippen molar-refractivity contribution in [3.05, 3.63) is 47.0 Å². The molecule has 0 aromatic heterocycles. The number of anilines is 1. The molecule has 0 unspecified atom stereocenters. The first kappa shape index (κ1) is 21.0. The maximum atomic E-state index is 12.8. The van der Waals surface area contributed by atoms with Crippen molar-refractivity contribution < 1.29 is 22.7 Å². The summed E-state index contributed by atoms with van der Waals surface area (Å²) < 4.78 is 38.0. The van der Waals surface area contributed by atoms with Gasteiger partial charge in [0.2, 0.25) is 10.0 Å². The number of halogens is 1. The molecule has 1 heterocycles. The van der Waals surface area contributed by atoms with Crippen LogP contribution < -0.4 is 14.8 Å². The number of fused-ring (bicyclic) bond motifs is 1. The van der Waals surface area contributed by atoms with E-state index in [1.165, 1.54) is 38.7 Å². The van der Waals surface area contributed by atoms with Gasteiger partial charge in [0.1, 0.15) is 0 Å². The van der Waals surface area contributed by atoms with Crippen LogP contribution in [-0.4, -0.2) is 38.5 Å². The monoisotopic (exact) mass is 450 g/mol. The summed E-state index contributed by atoms with van der Waals surface area (Å²) >= 11 is 6.16. The van der Waals surface area contributed by atoms with Gasteiger partial charge in [-0.2, -0.15) is 0 Å². The van der Waals surface area contributed by atoms with Crippen LogP contribution >= 0.6 is 11.6 Å². The average molecular weight is 451 g/mol. The fourth-order valence-electron chi connectivity index (χ4n) is 3.71. The SMILES string of the molecule is CN(C)S(=O)(=O)c1ccc(Cl)c(C(=O)Nc2ccc3c(c2)OC2(CCCCC2)O3)c1. The Kier molecular flexibility index (Phi) is 5.42. The van der Waals surface area contributed by atoms with E-state index in [9.17, 15) is 13.2 Å². The van der Waals surface area contributed by atoms with Gasteiger partial charge in [-0.15, -0.1) is 0 Å². The summed E-state index contributed by atoms with van der Waals surface area (Å²) in [4.78, 5) is 12.8. The van der Waals surface area contributed by atoms with E-state index >= 15 is 0 Å². The van der Waals surface area contributed by atoms with Crippen LogP contribution in [0.4, 0.5) is 5.69 Å². The Morgan fingerprint density at radius 2 is 1.73 bits per heavy atom. The van der Waals surface area contributed by atoms with Crippen molar-refractivity contribution in [2.45, 2.75) is 42.8 Å². The first-order chi connectivity index (χ1) is 14.2. The molecule has 9 heteroatoms. The van der Waals surface area contributed by atoms with Gasteiger partial charge in [0.05, 0.1) is 15.5 Å². The smallest absolute Gasteiger partial charge is 0.257 e. The summed E-state index contributed by atoms with van der Waals surface area (Å²) in [6.07, 6.45) is 4.97. The molecule has 1 amide bonds. The standard InChI is InChI=1S/C21H23ClN2O5S/c1-24(2)30(26,27)15-7-8-17(22)16(13-15)20(25)23-14-6-9-18-19(12-14)29-21(28-18)10-4-3-5-11-21/h6-9,12-13H,3-5,10-11H2,1-2H3,(H,23,25). The van der Waals surface area contributed by atoms with Crippen LogP contribution in [0.2, 0.25) is 5.02 Å². The Labute approximate surface area is 181 Å². The lowest BCUT2D eigenvalue weighted by Crippen LogP contribution is -2.40. The number of carbonyl (C=O) groups excluding carboxylic acids is 1. The second kappa shape index (κ2) is 7.76. The zero-order valence-electron chi connectivity index (χ0n) is 16.8. The molecule has 4 rings (SSSR count). The number of hydrogen-bond acceptors (Lipinski definition) is 5. The number of benzene rings is 2. The van der Waals surface area contributed by atoms with Gasteiger partial charge in [-0.25, -0.2) is 12.7 Å². The number of nitrogens with one attached hydrogen (secondary N) is 1. The van der Waals surface area contributed by atoms with Gasteiger partial charge in [-0.1, -0.05) is 18.0 Å². The summed E-state index contributed by atoms with van der Waals surface area (Å²) in [5, 5.41) is 2.92. The van der Waals surface area contributed by atoms with Gasteiger partial charge < -0.3 is 14.8 Å². The lowest BCUT2D eigenvalue weighted by Gasteiger charge is -2.31. The first-order valence-electron chi connectivity index (χ1n) is 9.76. The summed E-state index contributed by atoms with van der Waals surface area (Å²) in [6.45, 7) is 0. The largest absolute Gasteiger partial charge is 0.448 e. The van der Waals surface area contributed by atoms with Crippen molar-refractivity contribution in [1.29, 1.82) is 0 Å². The molecule has 1 aliphatic carbocycles. The van der Waals surface area contributed by atoms with Crippen LogP contribution in [0, 0.1) is 0 Å². The molecular weight excluding hydrogens is 428 g/mol. The third-order valence-corrected chi connectivity index (χ3v) is 7.51. The maximum Gasteiger partial charge on any atom is 0.257 e. The quantitative estimate of drug-likeness (QED) is 0.751. The lowest BCUT2D eigenvalue weighted by atomic mass is 9.94. The van der Waals surface area contributed by atoms with Gasteiger partial charge in [-0.05, 0) is 43.2 Å². The van der Waals surface area contributed by atoms with E-state index in [2.05, 4.69) is 5.32 Å². The molecule has 0 bridgehead atoms. The second-order valence-corrected chi connectivity index (χ2v) is 10.3. The van der Waals surface area contributed by atoms with Crippen molar-refractivity contribution in [3.63, 3.8) is 0 Å². The molecule has 7 nitrogen and oxygen atoms in total. The van der Waals surface area contributed by atoms with Crippen molar-refractivity contribution in [1.82, 2.24) is 4.31 Å². The van der Waals surface area contributed by atoms with E-state index in [4.69, 9.17) is 21.1 Å². The molecule has 160 valence electrons. The Morgan fingerprint density at radius 1 is 1.03 bits per heavy atom. The van der Waals surface area contributed by atoms with Gasteiger partial charge in [0.15, 0.2) is 11.5 Å². The summed E-state index contributed by atoms with van der Waals surface area (Å²) in [5.74, 6) is 0.139. The second-order valence-electron chi connectivity index (χ2n) is 7.72. The third-order valence-electron chi connectivity index (χ3n) is 5.37. The molecule has 1 aliphatic heterocycles. The number of hydrogen-bond donors (Lipinski definition) is 1. The van der Waals surface area contributed by atoms with Crippen LogP contribution in [-0.2, 0) is 10.0 Å². The molecule has 1 N–H and O–H groups in total. The molecule has 0 atom stereocenters. The summed E-state index contributed by atoms with van der Waals surface area (Å²) in [7, 11) is -0.836. The van der Waals surface area contributed by atoms with Crippen molar-refractivity contribution >= 4 is 33.2 Å². The highest BCUT2D eigenvalue weighted by atomic mass is 35.5. The van der Waals surface area contributed by atoms with Crippen LogP contribution in [0.5, 0.6) is 11.5 Å². The normalized spacial score (nSPS) is 17.3. The van der Waals surface area contributed by atoms with E-state index in [0.717, 1.165) is 30.0 Å². The fourth-order valence-corrected chi connectivity index (χ4v) is 4.85. The Balaban J connectivity index is 1.55. The van der Waals surface area contributed by atoms with Crippen LogP contribution in [0.3, 0.4) is 0 Å². The number of sulfonamides is 1. The lowest BCUT2D eigenvalue weighted by molar-refractivity contribution is -0.105. The molecule has 1 fully saturated rings. The number of amides is 1. The molecule has 2 aliphatic rings. The number of ether oxygens (including phenoxy) is 2. The van der Waals surface area contributed by atoms with Crippen molar-refractivity contribution in [3.8, 4) is 11.5 Å². The molecule has 0 saturated heterocycles. The maximum absolute atomic E-state index is 12.8. The van der Waals surface area contributed by atoms with Crippen molar-refractivity contribution in [2.75, 3.05) is 19.4 Å². The van der Waals surface area contributed by atoms with Crippen LogP contribution in [0.1, 0.15) is 42.5 Å². The Hall–Kier alpha value is -2.29. The Morgan fingerprint density at radius 3 is 2.43 bits per heavy atom. The predicted octanol–water partition coefficient (Wildman–Crippen LogP) is 4.27. The molecule has 1 saturated carbocycles. The summed E-state index contributed by atoms with van der Waals surface area (Å²) in [6, 6.07) is 9.25. The Bertz CT molecular complexity index is 1090. The zero-order valence-corrected chi connectivity index (χ0v) is 18.3. The predicted molar refractivity (Wildman–Crippen MR) is 114 cm³/mol. The summed E-state index contributed by atoms with van der Waals surface area (Å²) in [5.41, 5.74) is 0.577. The van der Waals surface area contributed by atoms with Crippen LogP contribution in [0.15, 0.2) is 41.3 Å². The average Bonchev–Trinajstić information content (AvgIpc) is 3.04. The minimum atomic E-state index is -3.69. The molecule has 30 heavy (non-hydrogen) atoms. The minimum Gasteiger partial charge on any atom is -0.448 e. The molecular formula is C21H23ClN2O5S. The minimum absolute atomic E-state index is 0.00743. The molecule has 0 radical (unpaired) electrons. The van der Waals surface area contributed by atoms with E-state index in [-0.39, 0.29) is 15.5 Å². The zero-order chi connectivity index (χ0) is 21.5. The van der Waals surface area contributed by atoms with E-state index in [1.807, 2.05) is 0 Å². The highest BCUT2D eigenvalue weighted by Gasteiger charge is 2.42. The van der Waals surface area contributed by atoms with E-state index in [0.29, 0.717) is 17.2 Å². The van der Waals surface area contributed by atoms with Gasteiger partial charge in [0.25, 0.3) is 11.7 Å². The van der Waals surface area contributed by atoms with Gasteiger partial charge >= 0.3 is 0 Å². The van der Waals surface area contributed by atoms with E-state index in [1.54, 1.807) is 18.2 Å². The molecule has 2 aromatic carbocycles. The molecule has 1 spiro atoms. The van der Waals surface area contributed by atoms with E-state index < -0.39 is 21.7 Å². The number of carbonyl (C=O) groups is 1. The highest BCUT2D eigenvalue weighted by molar-refractivity contribution is 7.89. The fraction of sp³-hybridized carbons (Fsp3) is 0.381. The molecule has 2 aromatic rings. The van der Waals surface area contributed by atoms with Crippen LogP contribution in [0.25, 0.3) is 0 Å². The topological polar surface area (TPSA) is 84.9 Å². The highest BCUT2D eigenvalue weighted by Crippen LogP contribution is 2.46. The van der Waals surface area contributed by atoms with Crippen molar-refractivity contribution in [2.24, 2.45) is 0 Å². The third kappa shape index (κ3) is 3.87. The van der Waals surface area contributed by atoms with Gasteiger partial charge in [-0.3, -0.25) is 4.79 Å². The number of nitrogens with zero attached hydrogens (tertiary/aromatic N) is 1. The first-order valence-corrected chi connectivity index (χ1v) is 11.6. The van der Waals surface area contributed by atoms with Gasteiger partial charge in [0, 0.05) is 38.7 Å².